The van der Waals surface area contributed by atoms with E-state index in [0.717, 1.165) is 51.7 Å². The molecule has 5 rings (SSSR count). The van der Waals surface area contributed by atoms with Crippen LogP contribution in [0.1, 0.15) is 48.9 Å². The van der Waals surface area contributed by atoms with Gasteiger partial charge in [-0.3, -0.25) is 14.6 Å². The van der Waals surface area contributed by atoms with Crippen molar-refractivity contribution in [2.24, 2.45) is 5.92 Å². The molecule has 0 saturated carbocycles. The molecule has 3 aliphatic rings. The molecule has 0 spiro atoms. The number of likely N-dealkylation sites (tertiary alicyclic amines) is 1. The van der Waals surface area contributed by atoms with Crippen LogP contribution in [0.25, 0.3) is 0 Å². The van der Waals surface area contributed by atoms with Crippen LogP contribution in [0.5, 0.6) is 0 Å². The Morgan fingerprint density at radius 3 is 2.12 bits per heavy atom. The predicted octanol–water partition coefficient (Wildman–Crippen LogP) is 3.94. The minimum Gasteiger partial charge on any atom is -0.323 e. The number of fused-ring (bicyclic) bond motifs is 1. The number of hydrogen-bond acceptors (Lipinski definition) is 3. The Labute approximate surface area is 190 Å². The number of benzene rings is 2. The first-order valence-electron chi connectivity index (χ1n) is 12.0. The summed E-state index contributed by atoms with van der Waals surface area (Å²) >= 11 is 0. The van der Waals surface area contributed by atoms with E-state index in [9.17, 15) is 9.59 Å². The first kappa shape index (κ1) is 21.2. The molecule has 3 amide bonds. The van der Waals surface area contributed by atoms with Crippen molar-refractivity contribution < 1.29 is 9.59 Å². The van der Waals surface area contributed by atoms with Crippen molar-refractivity contribution in [3.8, 4) is 0 Å². The molecule has 2 fully saturated rings. The summed E-state index contributed by atoms with van der Waals surface area (Å²) in [5.74, 6) is 0.139. The molecule has 1 aliphatic carbocycles. The summed E-state index contributed by atoms with van der Waals surface area (Å²) in [5.41, 5.74) is 4.43. The molecule has 168 valence electrons. The van der Waals surface area contributed by atoms with Gasteiger partial charge >= 0.3 is 6.03 Å². The van der Waals surface area contributed by atoms with Crippen molar-refractivity contribution in [3.63, 3.8) is 0 Å². The van der Waals surface area contributed by atoms with E-state index < -0.39 is 5.54 Å². The Morgan fingerprint density at radius 2 is 1.53 bits per heavy atom. The molecule has 5 heteroatoms. The zero-order valence-electron chi connectivity index (χ0n) is 19.1. The maximum atomic E-state index is 13.5. The lowest BCUT2D eigenvalue weighted by molar-refractivity contribution is -0.134. The lowest BCUT2D eigenvalue weighted by atomic mass is 9.78. The number of carbonyl (C=O) groups is 2. The number of nitrogens with one attached hydrogen (secondary N) is 1. The number of hydrogen-bond donors (Lipinski definition) is 1. The average molecular weight is 432 g/mol. The maximum absolute atomic E-state index is 13.5. The third-order valence-corrected chi connectivity index (χ3v) is 7.88. The highest BCUT2D eigenvalue weighted by atomic mass is 16.2. The molecule has 2 aromatic rings. The topological polar surface area (TPSA) is 52.7 Å². The number of piperidine rings is 1. The van der Waals surface area contributed by atoms with E-state index in [2.05, 4.69) is 53.5 Å². The first-order chi connectivity index (χ1) is 15.5. The molecule has 0 unspecified atom stereocenters. The van der Waals surface area contributed by atoms with Crippen LogP contribution < -0.4 is 5.32 Å². The summed E-state index contributed by atoms with van der Waals surface area (Å²) in [4.78, 5) is 30.5. The molecule has 32 heavy (non-hydrogen) atoms. The van der Waals surface area contributed by atoms with Gasteiger partial charge in [-0.1, -0.05) is 55.5 Å². The Morgan fingerprint density at radius 1 is 0.938 bits per heavy atom. The molecule has 5 nitrogen and oxygen atoms in total. The van der Waals surface area contributed by atoms with Crippen molar-refractivity contribution in [3.05, 3.63) is 70.8 Å². The minimum atomic E-state index is -0.791. The normalized spacial score (nSPS) is 24.8. The van der Waals surface area contributed by atoms with Gasteiger partial charge in [0.1, 0.15) is 5.54 Å². The number of carbonyl (C=O) groups excluding carboxylic acids is 2. The highest BCUT2D eigenvalue weighted by Gasteiger charge is 2.54. The molecular formula is C27H33N3O2. The van der Waals surface area contributed by atoms with Crippen LogP contribution in [0.4, 0.5) is 4.79 Å². The number of aryl methyl sites for hydroxylation is 1. The van der Waals surface area contributed by atoms with E-state index >= 15 is 0 Å². The third-order valence-electron chi connectivity index (χ3n) is 7.88. The van der Waals surface area contributed by atoms with Crippen LogP contribution in [-0.4, -0.2) is 46.4 Å². The van der Waals surface area contributed by atoms with Crippen LogP contribution in [0.2, 0.25) is 0 Å². The van der Waals surface area contributed by atoms with Gasteiger partial charge < -0.3 is 5.32 Å². The Hall–Kier alpha value is -2.66. The van der Waals surface area contributed by atoms with Crippen molar-refractivity contribution in [1.29, 1.82) is 0 Å². The van der Waals surface area contributed by atoms with Crippen LogP contribution in [0.3, 0.4) is 0 Å². The molecule has 2 aromatic carbocycles. The summed E-state index contributed by atoms with van der Waals surface area (Å²) < 4.78 is 0. The van der Waals surface area contributed by atoms with Gasteiger partial charge in [0.15, 0.2) is 0 Å². The fourth-order valence-electron chi connectivity index (χ4n) is 5.81. The number of urea groups is 1. The molecule has 2 aliphatic heterocycles. The molecule has 1 N–H and O–H groups in total. The Bertz CT molecular complexity index is 985. The maximum Gasteiger partial charge on any atom is 0.325 e. The monoisotopic (exact) mass is 431 g/mol. The van der Waals surface area contributed by atoms with Gasteiger partial charge in [0.05, 0.1) is 0 Å². The quantitative estimate of drug-likeness (QED) is 0.730. The second-order valence-corrected chi connectivity index (χ2v) is 9.86. The van der Waals surface area contributed by atoms with Gasteiger partial charge in [0.25, 0.3) is 5.91 Å². The summed E-state index contributed by atoms with van der Waals surface area (Å²) in [6, 6.07) is 16.9. The lowest BCUT2D eigenvalue weighted by Gasteiger charge is -2.39. The Balaban J connectivity index is 1.22. The van der Waals surface area contributed by atoms with Gasteiger partial charge in [-0.05, 0) is 80.3 Å². The Kier molecular flexibility index (Phi) is 5.54. The van der Waals surface area contributed by atoms with Crippen LogP contribution in [0.15, 0.2) is 48.5 Å². The van der Waals surface area contributed by atoms with Crippen molar-refractivity contribution >= 4 is 11.9 Å². The zero-order chi connectivity index (χ0) is 22.3. The van der Waals surface area contributed by atoms with E-state index in [0.29, 0.717) is 0 Å². The molecule has 2 heterocycles. The van der Waals surface area contributed by atoms with E-state index in [4.69, 9.17) is 0 Å². The summed E-state index contributed by atoms with van der Waals surface area (Å²) in [6.07, 6.45) is 4.44. The van der Waals surface area contributed by atoms with Crippen LogP contribution in [0, 0.1) is 5.92 Å². The number of rotatable bonds is 5. The standard InChI is InChI=1S/C27H33N3O2/c1-3-19-8-10-20(11-9-19)18-29-14-12-23(13-15-29)27(2)25(31)30(26(32)28-27)24-16-21-6-4-5-7-22(21)17-24/h4-11,23-24H,3,12-18H2,1-2H3,(H,28,32)/t27-/m1/s1. The second kappa shape index (κ2) is 8.36. The van der Waals surface area contributed by atoms with Crippen molar-refractivity contribution in [1.82, 2.24) is 15.1 Å². The van der Waals surface area contributed by atoms with E-state index in [1.54, 1.807) is 0 Å². The minimum absolute atomic E-state index is 0.0334. The average Bonchev–Trinajstić information content (AvgIpc) is 3.33. The zero-order valence-corrected chi connectivity index (χ0v) is 19.1. The highest BCUT2D eigenvalue weighted by molar-refractivity contribution is 6.07. The molecule has 1 atom stereocenters. The number of imide groups is 1. The van der Waals surface area contributed by atoms with Crippen molar-refractivity contribution in [2.45, 2.75) is 64.1 Å². The van der Waals surface area contributed by atoms with Gasteiger partial charge in [-0.15, -0.1) is 0 Å². The van der Waals surface area contributed by atoms with E-state index in [1.165, 1.54) is 27.2 Å². The van der Waals surface area contributed by atoms with Gasteiger partial charge in [0, 0.05) is 12.6 Å². The highest BCUT2D eigenvalue weighted by Crippen LogP contribution is 2.36. The SMILES string of the molecule is CCc1ccc(CN2CCC([C@@]3(C)NC(=O)N(C4Cc5ccccc5C4)C3=O)CC2)cc1. The number of amides is 3. The largest absolute Gasteiger partial charge is 0.325 e. The third kappa shape index (κ3) is 3.73. The molecule has 0 aromatic heterocycles. The summed E-state index contributed by atoms with van der Waals surface area (Å²) in [6.45, 7) is 6.97. The first-order valence-corrected chi connectivity index (χ1v) is 12.0. The van der Waals surface area contributed by atoms with Gasteiger partial charge in [-0.2, -0.15) is 0 Å². The van der Waals surface area contributed by atoms with Crippen molar-refractivity contribution in [2.75, 3.05) is 13.1 Å². The lowest BCUT2D eigenvalue weighted by Crippen LogP contribution is -2.54. The van der Waals surface area contributed by atoms with E-state index in [-0.39, 0.29) is 23.9 Å². The molecule has 2 saturated heterocycles. The summed E-state index contributed by atoms with van der Waals surface area (Å²) in [5, 5.41) is 3.10. The van der Waals surface area contributed by atoms with E-state index in [1.807, 2.05) is 19.1 Å². The fraction of sp³-hybridized carbons (Fsp3) is 0.481. The molecule has 0 radical (unpaired) electrons. The number of nitrogens with zero attached hydrogens (tertiary/aromatic N) is 2. The van der Waals surface area contributed by atoms with Gasteiger partial charge in [-0.25, -0.2) is 4.79 Å². The molecule has 0 bridgehead atoms. The predicted molar refractivity (Wildman–Crippen MR) is 125 cm³/mol. The smallest absolute Gasteiger partial charge is 0.323 e. The fourth-order valence-corrected chi connectivity index (χ4v) is 5.81. The summed E-state index contributed by atoms with van der Waals surface area (Å²) in [7, 11) is 0. The molecular weight excluding hydrogens is 398 g/mol. The van der Waals surface area contributed by atoms with Crippen LogP contribution >= 0.6 is 0 Å². The van der Waals surface area contributed by atoms with Crippen LogP contribution in [-0.2, 0) is 30.6 Å². The second-order valence-electron chi connectivity index (χ2n) is 9.86. The van der Waals surface area contributed by atoms with Gasteiger partial charge in [0.2, 0.25) is 0 Å².